The Labute approximate surface area is 41.7 Å². The number of fused-ring (bicyclic) bond motifs is 1. The molecular formula is C6H6O. The number of ketones is 1. The Hall–Kier alpha value is -0.330. The zero-order valence-corrected chi connectivity index (χ0v) is 3.92. The van der Waals surface area contributed by atoms with E-state index in [1.54, 1.807) is 0 Å². The molecule has 0 radical (unpaired) electrons. The van der Waals surface area contributed by atoms with Crippen molar-refractivity contribution in [1.82, 2.24) is 0 Å². The normalized spacial score (nSPS) is 70.6. The molecule has 3 saturated carbocycles. The smallest absolute Gasteiger partial charge is 0.139 e. The molecule has 1 nitrogen and oxygen atoms in total. The second-order valence-electron chi connectivity index (χ2n) is 3.01. The van der Waals surface area contributed by atoms with Crippen LogP contribution in [0.25, 0.3) is 0 Å². The van der Waals surface area contributed by atoms with Crippen LogP contribution in [0.3, 0.4) is 0 Å². The van der Waals surface area contributed by atoms with E-state index >= 15 is 0 Å². The highest BCUT2D eigenvalue weighted by Gasteiger charge is 2.77. The Kier molecular flexibility index (Phi) is 0.205. The van der Waals surface area contributed by atoms with Gasteiger partial charge in [-0.1, -0.05) is 0 Å². The molecule has 1 heteroatoms. The van der Waals surface area contributed by atoms with Crippen molar-refractivity contribution in [3.8, 4) is 0 Å². The van der Waals surface area contributed by atoms with E-state index in [1.807, 2.05) is 0 Å². The van der Waals surface area contributed by atoms with Crippen LogP contribution in [-0.4, -0.2) is 5.78 Å². The van der Waals surface area contributed by atoms with Crippen molar-refractivity contribution in [3.63, 3.8) is 0 Å². The highest BCUT2D eigenvalue weighted by Crippen LogP contribution is 2.75. The van der Waals surface area contributed by atoms with Gasteiger partial charge in [0.15, 0.2) is 0 Å². The van der Waals surface area contributed by atoms with Crippen molar-refractivity contribution < 1.29 is 4.79 Å². The van der Waals surface area contributed by atoms with Crippen molar-refractivity contribution in [2.75, 3.05) is 0 Å². The number of Topliss-reactive ketones (excluding diaryl/α,β-unsaturated/α-hetero) is 1. The fraction of sp³-hybridized carbons (Fsp3) is 0.833. The summed E-state index contributed by atoms with van der Waals surface area (Å²) in [6.07, 6.45) is 1.26. The molecule has 4 unspecified atom stereocenters. The number of hydrogen-bond donors (Lipinski definition) is 0. The van der Waals surface area contributed by atoms with Gasteiger partial charge < -0.3 is 0 Å². The second kappa shape index (κ2) is 0.504. The molecule has 0 N–H and O–H groups in total. The molecule has 3 aliphatic carbocycles. The summed E-state index contributed by atoms with van der Waals surface area (Å²) in [6.45, 7) is 0. The van der Waals surface area contributed by atoms with Gasteiger partial charge in [0, 0.05) is 11.8 Å². The van der Waals surface area contributed by atoms with E-state index in [0.29, 0.717) is 17.6 Å². The third-order valence-electron chi connectivity index (χ3n) is 2.91. The molecule has 0 amide bonds. The molecule has 7 heavy (non-hydrogen) atoms. The molecule has 4 atom stereocenters. The fourth-order valence-corrected chi connectivity index (χ4v) is 2.34. The third kappa shape index (κ3) is 0.116. The largest absolute Gasteiger partial charge is 0.299 e. The number of rotatable bonds is 0. The average Bonchev–Trinajstić information content (AvgIpc) is 1.83. The first-order valence-corrected chi connectivity index (χ1v) is 2.93. The van der Waals surface area contributed by atoms with Gasteiger partial charge in [0.1, 0.15) is 5.78 Å². The van der Waals surface area contributed by atoms with Gasteiger partial charge in [0.05, 0.1) is 0 Å². The van der Waals surface area contributed by atoms with Gasteiger partial charge in [-0.3, -0.25) is 4.79 Å². The minimum atomic E-state index is 0.579. The minimum absolute atomic E-state index is 0.579. The molecule has 0 aliphatic heterocycles. The van der Waals surface area contributed by atoms with Crippen molar-refractivity contribution in [1.29, 1.82) is 0 Å². The highest BCUT2D eigenvalue weighted by atomic mass is 16.1. The van der Waals surface area contributed by atoms with E-state index in [4.69, 9.17) is 0 Å². The molecule has 0 aromatic heterocycles. The average molecular weight is 94.1 g/mol. The first kappa shape index (κ1) is 2.85. The van der Waals surface area contributed by atoms with E-state index in [1.165, 1.54) is 6.42 Å². The summed E-state index contributed by atoms with van der Waals surface area (Å²) in [6, 6.07) is 0. The first-order chi connectivity index (χ1) is 3.39. The van der Waals surface area contributed by atoms with Crippen LogP contribution < -0.4 is 0 Å². The Balaban J connectivity index is 2.21. The SMILES string of the molecule is O=C1C2CC3C1C23. The fourth-order valence-electron chi connectivity index (χ4n) is 2.34. The van der Waals surface area contributed by atoms with E-state index in [0.717, 1.165) is 11.8 Å². The predicted molar refractivity (Wildman–Crippen MR) is 23.6 cm³/mol. The van der Waals surface area contributed by atoms with Gasteiger partial charge in [0.2, 0.25) is 0 Å². The molecule has 3 rings (SSSR count). The molecule has 0 spiro atoms. The van der Waals surface area contributed by atoms with Crippen LogP contribution in [-0.2, 0) is 4.79 Å². The van der Waals surface area contributed by atoms with Gasteiger partial charge in [-0.2, -0.15) is 0 Å². The van der Waals surface area contributed by atoms with Crippen LogP contribution in [0.1, 0.15) is 6.42 Å². The lowest BCUT2D eigenvalue weighted by atomic mass is 9.78. The van der Waals surface area contributed by atoms with Crippen LogP contribution in [0, 0.1) is 23.7 Å². The van der Waals surface area contributed by atoms with E-state index < -0.39 is 0 Å². The molecule has 0 heterocycles. The predicted octanol–water partition coefficient (Wildman–Crippen LogP) is 0.451. The Morgan fingerprint density at radius 2 is 2.43 bits per heavy atom. The van der Waals surface area contributed by atoms with Gasteiger partial charge in [-0.05, 0) is 18.3 Å². The van der Waals surface area contributed by atoms with E-state index in [-0.39, 0.29) is 0 Å². The summed E-state index contributed by atoms with van der Waals surface area (Å²) >= 11 is 0. The third-order valence-corrected chi connectivity index (χ3v) is 2.91. The number of carbonyl (C=O) groups excluding carboxylic acids is 1. The number of hydrogen-bond acceptors (Lipinski definition) is 1. The zero-order valence-electron chi connectivity index (χ0n) is 3.92. The second-order valence-corrected chi connectivity index (χ2v) is 3.01. The first-order valence-electron chi connectivity index (χ1n) is 2.93. The summed E-state index contributed by atoms with van der Waals surface area (Å²) in [5.41, 5.74) is 0. The maximum atomic E-state index is 10.6. The summed E-state index contributed by atoms with van der Waals surface area (Å²) < 4.78 is 0. The maximum absolute atomic E-state index is 10.6. The standard InChI is InChI=1S/C6H6O/c7-6-3-1-2-4(3)5(2)6/h2-5H,1H2. The molecular weight excluding hydrogens is 88.1 g/mol. The van der Waals surface area contributed by atoms with Gasteiger partial charge in [0.25, 0.3) is 0 Å². The zero-order chi connectivity index (χ0) is 4.59. The summed E-state index contributed by atoms with van der Waals surface area (Å²) in [5.74, 6) is 3.60. The lowest BCUT2D eigenvalue weighted by molar-refractivity contribution is -0.130. The lowest BCUT2D eigenvalue weighted by Crippen LogP contribution is -2.30. The molecule has 0 saturated heterocycles. The Morgan fingerprint density at radius 1 is 1.57 bits per heavy atom. The monoisotopic (exact) mass is 94.0 g/mol. The van der Waals surface area contributed by atoms with Gasteiger partial charge in [-0.25, -0.2) is 0 Å². The molecule has 3 aliphatic rings. The Morgan fingerprint density at radius 3 is 2.57 bits per heavy atom. The molecule has 3 fully saturated rings. The van der Waals surface area contributed by atoms with Crippen LogP contribution in [0.4, 0.5) is 0 Å². The van der Waals surface area contributed by atoms with Gasteiger partial charge >= 0.3 is 0 Å². The van der Waals surface area contributed by atoms with E-state index in [2.05, 4.69) is 0 Å². The Bertz CT molecular complexity index is 148. The van der Waals surface area contributed by atoms with Crippen molar-refractivity contribution in [3.05, 3.63) is 0 Å². The topological polar surface area (TPSA) is 17.1 Å². The summed E-state index contributed by atoms with van der Waals surface area (Å²) in [4.78, 5) is 10.6. The minimum Gasteiger partial charge on any atom is -0.299 e. The van der Waals surface area contributed by atoms with Crippen LogP contribution in [0.2, 0.25) is 0 Å². The van der Waals surface area contributed by atoms with Crippen LogP contribution >= 0.6 is 0 Å². The van der Waals surface area contributed by atoms with Crippen molar-refractivity contribution in [2.24, 2.45) is 23.7 Å². The van der Waals surface area contributed by atoms with Crippen molar-refractivity contribution >= 4 is 5.78 Å². The van der Waals surface area contributed by atoms with Gasteiger partial charge in [-0.15, -0.1) is 0 Å². The maximum Gasteiger partial charge on any atom is 0.139 e. The van der Waals surface area contributed by atoms with E-state index in [9.17, 15) is 4.79 Å². The molecule has 36 valence electrons. The quantitative estimate of drug-likeness (QED) is 0.426. The summed E-state index contributed by atoms with van der Waals surface area (Å²) in [5, 5.41) is 0. The molecule has 0 aromatic rings. The van der Waals surface area contributed by atoms with Crippen LogP contribution in [0.15, 0.2) is 0 Å². The van der Waals surface area contributed by atoms with Crippen molar-refractivity contribution in [2.45, 2.75) is 6.42 Å². The highest BCUT2D eigenvalue weighted by molar-refractivity contribution is 5.98. The number of carbonyl (C=O) groups is 1. The lowest BCUT2D eigenvalue weighted by Gasteiger charge is -2.24. The van der Waals surface area contributed by atoms with Crippen LogP contribution in [0.5, 0.6) is 0 Å². The molecule has 0 aromatic carbocycles. The molecule has 0 bridgehead atoms. The summed E-state index contributed by atoms with van der Waals surface area (Å²) in [7, 11) is 0.